The van der Waals surface area contributed by atoms with Crippen molar-refractivity contribution < 1.29 is 8.42 Å². The zero-order valence-electron chi connectivity index (χ0n) is 12.4. The van der Waals surface area contributed by atoms with Crippen LogP contribution < -0.4 is 5.73 Å². The molecule has 0 spiro atoms. The molecule has 1 saturated heterocycles. The summed E-state index contributed by atoms with van der Waals surface area (Å²) in [6.07, 6.45) is 6.78. The molecule has 1 aliphatic carbocycles. The van der Waals surface area contributed by atoms with Crippen LogP contribution in [0.3, 0.4) is 0 Å². The number of benzene rings is 1. The predicted molar refractivity (Wildman–Crippen MR) is 83.2 cm³/mol. The van der Waals surface area contributed by atoms with Crippen LogP contribution in [0.5, 0.6) is 0 Å². The van der Waals surface area contributed by atoms with Gasteiger partial charge in [0, 0.05) is 19.1 Å². The molecule has 2 aliphatic rings. The monoisotopic (exact) mass is 308 g/mol. The lowest BCUT2D eigenvalue weighted by atomic mass is 9.79. The number of hydrogen-bond donors (Lipinski definition) is 1. The summed E-state index contributed by atoms with van der Waals surface area (Å²) >= 11 is 0. The van der Waals surface area contributed by atoms with Crippen molar-refractivity contribution in [2.75, 3.05) is 6.54 Å². The first-order valence-corrected chi connectivity index (χ1v) is 9.38. The van der Waals surface area contributed by atoms with E-state index in [-0.39, 0.29) is 6.04 Å². The number of nitrogens with two attached hydrogens (primary N) is 1. The highest BCUT2D eigenvalue weighted by atomic mass is 32.2. The lowest BCUT2D eigenvalue weighted by molar-refractivity contribution is 0.129. The van der Waals surface area contributed by atoms with Crippen LogP contribution >= 0.6 is 0 Å². The first-order chi connectivity index (χ1) is 10.1. The fraction of sp³-hybridized carbons (Fsp3) is 0.625. The van der Waals surface area contributed by atoms with E-state index >= 15 is 0 Å². The Morgan fingerprint density at radius 1 is 1.05 bits per heavy atom. The van der Waals surface area contributed by atoms with Gasteiger partial charge in [-0.15, -0.1) is 0 Å². The van der Waals surface area contributed by atoms with Crippen molar-refractivity contribution in [1.29, 1.82) is 0 Å². The molecule has 1 aliphatic heterocycles. The fourth-order valence-corrected chi connectivity index (χ4v) is 5.56. The predicted octanol–water partition coefficient (Wildman–Crippen LogP) is 2.49. The van der Waals surface area contributed by atoms with Crippen molar-refractivity contribution in [3.05, 3.63) is 29.8 Å². The quantitative estimate of drug-likeness (QED) is 0.933. The lowest BCUT2D eigenvalue weighted by Gasteiger charge is -2.43. The fourth-order valence-electron chi connectivity index (χ4n) is 3.81. The van der Waals surface area contributed by atoms with Crippen LogP contribution in [0.1, 0.15) is 44.1 Å². The Kier molecular flexibility index (Phi) is 4.33. The van der Waals surface area contributed by atoms with E-state index < -0.39 is 10.0 Å². The summed E-state index contributed by atoms with van der Waals surface area (Å²) in [5, 5.41) is 0. The lowest BCUT2D eigenvalue weighted by Crippen LogP contribution is -2.49. The third-order valence-electron chi connectivity index (χ3n) is 4.96. The molecule has 1 aromatic rings. The Morgan fingerprint density at radius 3 is 2.43 bits per heavy atom. The maximum atomic E-state index is 12.9. The van der Waals surface area contributed by atoms with Crippen LogP contribution in [0.25, 0.3) is 0 Å². The van der Waals surface area contributed by atoms with Gasteiger partial charge in [-0.05, 0) is 49.3 Å². The number of hydrogen-bond acceptors (Lipinski definition) is 3. The standard InChI is InChI=1S/C16H24N2O2S/c17-12-13-7-9-15(10-8-13)21(19,20)18-11-3-5-14-4-1-2-6-16(14)18/h7-10,14,16H,1-6,11-12,17H2/t14-,16-/m1/s1. The minimum Gasteiger partial charge on any atom is -0.326 e. The Labute approximate surface area is 127 Å². The van der Waals surface area contributed by atoms with Crippen LogP contribution in [-0.4, -0.2) is 25.3 Å². The average molecular weight is 308 g/mol. The SMILES string of the molecule is NCc1ccc(S(=O)(=O)N2CCC[C@H]3CCCC[C@H]32)cc1. The van der Waals surface area contributed by atoms with E-state index in [1.807, 2.05) is 12.1 Å². The highest BCUT2D eigenvalue weighted by Gasteiger charge is 2.39. The Bertz CT molecular complexity index is 581. The minimum absolute atomic E-state index is 0.215. The Hall–Kier alpha value is -0.910. The maximum Gasteiger partial charge on any atom is 0.243 e. The smallest absolute Gasteiger partial charge is 0.243 e. The van der Waals surface area contributed by atoms with Crippen molar-refractivity contribution in [3.63, 3.8) is 0 Å². The molecule has 2 atom stereocenters. The second-order valence-corrected chi connectivity index (χ2v) is 8.11. The van der Waals surface area contributed by atoms with Gasteiger partial charge >= 0.3 is 0 Å². The second-order valence-electron chi connectivity index (χ2n) is 6.22. The molecule has 0 bridgehead atoms. The molecule has 21 heavy (non-hydrogen) atoms. The van der Waals surface area contributed by atoms with E-state index in [0.29, 0.717) is 23.9 Å². The van der Waals surface area contributed by atoms with Crippen LogP contribution in [0.2, 0.25) is 0 Å². The van der Waals surface area contributed by atoms with Crippen molar-refractivity contribution >= 4 is 10.0 Å². The molecule has 1 aromatic carbocycles. The number of nitrogens with zero attached hydrogens (tertiary/aromatic N) is 1. The van der Waals surface area contributed by atoms with Gasteiger partial charge in [-0.25, -0.2) is 8.42 Å². The normalized spacial score (nSPS) is 27.3. The molecular weight excluding hydrogens is 284 g/mol. The molecule has 1 saturated carbocycles. The van der Waals surface area contributed by atoms with Crippen molar-refractivity contribution in [2.45, 2.75) is 56.0 Å². The van der Waals surface area contributed by atoms with Crippen molar-refractivity contribution in [2.24, 2.45) is 11.7 Å². The molecule has 0 aromatic heterocycles. The van der Waals surface area contributed by atoms with E-state index in [0.717, 1.165) is 24.8 Å². The molecule has 2 N–H and O–H groups in total. The molecule has 116 valence electrons. The number of sulfonamides is 1. The summed E-state index contributed by atoms with van der Waals surface area (Å²) in [5.41, 5.74) is 6.54. The molecule has 0 radical (unpaired) electrons. The van der Waals surface area contributed by atoms with Gasteiger partial charge in [0.05, 0.1) is 4.90 Å². The Balaban J connectivity index is 1.88. The van der Waals surface area contributed by atoms with Gasteiger partial charge in [0.1, 0.15) is 0 Å². The summed E-state index contributed by atoms with van der Waals surface area (Å²) in [4.78, 5) is 0.408. The first-order valence-electron chi connectivity index (χ1n) is 7.94. The van der Waals surface area contributed by atoms with E-state index in [2.05, 4.69) is 0 Å². The maximum absolute atomic E-state index is 12.9. The summed E-state index contributed by atoms with van der Waals surface area (Å²) < 4.78 is 27.6. The van der Waals surface area contributed by atoms with E-state index in [9.17, 15) is 8.42 Å². The van der Waals surface area contributed by atoms with Gasteiger partial charge in [0.2, 0.25) is 10.0 Å². The molecule has 1 heterocycles. The van der Waals surface area contributed by atoms with E-state index in [1.165, 1.54) is 19.3 Å². The van der Waals surface area contributed by atoms with Crippen molar-refractivity contribution in [1.82, 2.24) is 4.31 Å². The van der Waals surface area contributed by atoms with Gasteiger partial charge in [-0.2, -0.15) is 4.31 Å². The zero-order chi connectivity index (χ0) is 14.9. The highest BCUT2D eigenvalue weighted by molar-refractivity contribution is 7.89. The van der Waals surface area contributed by atoms with Crippen molar-refractivity contribution in [3.8, 4) is 0 Å². The van der Waals surface area contributed by atoms with Crippen LogP contribution in [-0.2, 0) is 16.6 Å². The van der Waals surface area contributed by atoms with Gasteiger partial charge in [-0.3, -0.25) is 0 Å². The summed E-state index contributed by atoms with van der Waals surface area (Å²) in [6, 6.07) is 7.24. The number of rotatable bonds is 3. The third-order valence-corrected chi connectivity index (χ3v) is 6.90. The molecule has 2 fully saturated rings. The first kappa shape index (κ1) is 15.0. The summed E-state index contributed by atoms with van der Waals surface area (Å²) in [6.45, 7) is 1.11. The second kappa shape index (κ2) is 6.07. The van der Waals surface area contributed by atoms with Gasteiger partial charge < -0.3 is 5.73 Å². The molecule has 0 amide bonds. The van der Waals surface area contributed by atoms with Gasteiger partial charge in [0.15, 0.2) is 0 Å². The molecule has 0 unspecified atom stereocenters. The van der Waals surface area contributed by atoms with Gasteiger partial charge in [0.25, 0.3) is 0 Å². The van der Waals surface area contributed by atoms with E-state index in [4.69, 9.17) is 5.73 Å². The Morgan fingerprint density at radius 2 is 1.71 bits per heavy atom. The molecule has 3 rings (SSSR count). The molecule has 4 nitrogen and oxygen atoms in total. The molecule has 5 heteroatoms. The topological polar surface area (TPSA) is 63.4 Å². The van der Waals surface area contributed by atoms with Gasteiger partial charge in [-0.1, -0.05) is 25.0 Å². The highest BCUT2D eigenvalue weighted by Crippen LogP contribution is 2.37. The average Bonchev–Trinajstić information content (AvgIpc) is 2.54. The van der Waals surface area contributed by atoms with E-state index in [1.54, 1.807) is 16.4 Å². The number of piperidine rings is 1. The molecular formula is C16H24N2O2S. The zero-order valence-corrected chi connectivity index (χ0v) is 13.2. The third kappa shape index (κ3) is 2.87. The van der Waals surface area contributed by atoms with Crippen LogP contribution in [0, 0.1) is 5.92 Å². The summed E-state index contributed by atoms with van der Waals surface area (Å²) in [5.74, 6) is 0.561. The van der Waals surface area contributed by atoms with Crippen LogP contribution in [0.15, 0.2) is 29.2 Å². The summed E-state index contributed by atoms with van der Waals surface area (Å²) in [7, 11) is -3.36. The minimum atomic E-state index is -3.36. The van der Waals surface area contributed by atoms with Crippen LogP contribution in [0.4, 0.5) is 0 Å². The largest absolute Gasteiger partial charge is 0.326 e. The number of fused-ring (bicyclic) bond motifs is 1.